The van der Waals surface area contributed by atoms with E-state index in [-0.39, 0.29) is 5.82 Å². The number of hydrogen-bond acceptors (Lipinski definition) is 1. The van der Waals surface area contributed by atoms with E-state index in [1.807, 2.05) is 12.1 Å². The van der Waals surface area contributed by atoms with Gasteiger partial charge in [0.1, 0.15) is 5.82 Å². The van der Waals surface area contributed by atoms with Crippen LogP contribution in [0.5, 0.6) is 0 Å². The van der Waals surface area contributed by atoms with Crippen molar-refractivity contribution in [1.82, 2.24) is 0 Å². The molecule has 2 unspecified atom stereocenters. The molecule has 2 atom stereocenters. The molecule has 0 amide bonds. The molecule has 3 rings (SSSR count). The first kappa shape index (κ1) is 13.2. The SMILES string of the molecule is Fc1ccc(NC2CCCCC2c2ccccc2)cc1. The van der Waals surface area contributed by atoms with E-state index < -0.39 is 0 Å². The highest BCUT2D eigenvalue weighted by Crippen LogP contribution is 2.34. The minimum atomic E-state index is -0.182. The minimum absolute atomic E-state index is 0.182. The predicted octanol–water partition coefficient (Wildman–Crippen LogP) is 4.96. The van der Waals surface area contributed by atoms with Crippen molar-refractivity contribution in [2.45, 2.75) is 37.6 Å². The first-order valence-corrected chi connectivity index (χ1v) is 7.40. The highest BCUT2D eigenvalue weighted by atomic mass is 19.1. The molecule has 0 heterocycles. The van der Waals surface area contributed by atoms with Gasteiger partial charge in [-0.25, -0.2) is 4.39 Å². The molecule has 0 spiro atoms. The van der Waals surface area contributed by atoms with Crippen molar-refractivity contribution in [2.75, 3.05) is 5.32 Å². The van der Waals surface area contributed by atoms with E-state index in [1.54, 1.807) is 0 Å². The lowest BCUT2D eigenvalue weighted by atomic mass is 9.80. The summed E-state index contributed by atoms with van der Waals surface area (Å²) in [6.45, 7) is 0. The fourth-order valence-electron chi connectivity index (χ4n) is 3.16. The number of halogens is 1. The molecule has 0 aliphatic heterocycles. The molecule has 1 N–H and O–H groups in total. The van der Waals surface area contributed by atoms with Crippen molar-refractivity contribution >= 4 is 5.69 Å². The van der Waals surface area contributed by atoms with E-state index in [1.165, 1.54) is 43.4 Å². The summed E-state index contributed by atoms with van der Waals surface area (Å²) in [6, 6.07) is 17.8. The van der Waals surface area contributed by atoms with Gasteiger partial charge in [0, 0.05) is 17.6 Å². The lowest BCUT2D eigenvalue weighted by molar-refractivity contribution is 0.405. The van der Waals surface area contributed by atoms with Gasteiger partial charge >= 0.3 is 0 Å². The largest absolute Gasteiger partial charge is 0.382 e. The fraction of sp³-hybridized carbons (Fsp3) is 0.333. The molecular weight excluding hydrogens is 249 g/mol. The summed E-state index contributed by atoms with van der Waals surface area (Å²) in [4.78, 5) is 0. The maximum Gasteiger partial charge on any atom is 0.123 e. The molecule has 104 valence electrons. The van der Waals surface area contributed by atoms with Gasteiger partial charge in [-0.1, -0.05) is 43.2 Å². The fourth-order valence-corrected chi connectivity index (χ4v) is 3.16. The standard InChI is InChI=1S/C18H20FN/c19-15-10-12-16(13-11-15)20-18-9-5-4-8-17(18)14-6-2-1-3-7-14/h1-3,6-7,10-13,17-18,20H,4-5,8-9H2. The average molecular weight is 269 g/mol. The highest BCUT2D eigenvalue weighted by Gasteiger charge is 2.26. The lowest BCUT2D eigenvalue weighted by Gasteiger charge is -2.33. The van der Waals surface area contributed by atoms with Crippen molar-refractivity contribution in [1.29, 1.82) is 0 Å². The van der Waals surface area contributed by atoms with Gasteiger partial charge in [-0.2, -0.15) is 0 Å². The molecule has 0 bridgehead atoms. The molecule has 1 saturated carbocycles. The van der Waals surface area contributed by atoms with Crippen LogP contribution in [0.4, 0.5) is 10.1 Å². The molecule has 2 aromatic rings. The predicted molar refractivity (Wildman–Crippen MR) is 81.5 cm³/mol. The van der Waals surface area contributed by atoms with Gasteiger partial charge in [0.25, 0.3) is 0 Å². The van der Waals surface area contributed by atoms with Gasteiger partial charge < -0.3 is 5.32 Å². The Labute approximate surface area is 119 Å². The van der Waals surface area contributed by atoms with Crippen LogP contribution in [0.25, 0.3) is 0 Å². The van der Waals surface area contributed by atoms with Gasteiger partial charge in [0.05, 0.1) is 0 Å². The molecule has 2 heteroatoms. The molecule has 1 aliphatic carbocycles. The molecule has 1 nitrogen and oxygen atoms in total. The van der Waals surface area contributed by atoms with Crippen molar-refractivity contribution in [2.24, 2.45) is 0 Å². The smallest absolute Gasteiger partial charge is 0.123 e. The van der Waals surface area contributed by atoms with E-state index in [0.717, 1.165) is 5.69 Å². The molecule has 0 aromatic heterocycles. The maximum atomic E-state index is 13.0. The van der Waals surface area contributed by atoms with Gasteiger partial charge in [-0.05, 0) is 42.7 Å². The van der Waals surface area contributed by atoms with E-state index >= 15 is 0 Å². The van der Waals surface area contributed by atoms with Crippen molar-refractivity contribution < 1.29 is 4.39 Å². The van der Waals surface area contributed by atoms with E-state index in [4.69, 9.17) is 0 Å². The van der Waals surface area contributed by atoms with E-state index in [2.05, 4.69) is 35.6 Å². The zero-order valence-corrected chi connectivity index (χ0v) is 11.6. The summed E-state index contributed by atoms with van der Waals surface area (Å²) in [7, 11) is 0. The van der Waals surface area contributed by atoms with Crippen LogP contribution in [0.1, 0.15) is 37.2 Å². The van der Waals surface area contributed by atoms with Crippen LogP contribution < -0.4 is 5.32 Å². The number of hydrogen-bond donors (Lipinski definition) is 1. The second-order valence-electron chi connectivity index (χ2n) is 5.56. The third kappa shape index (κ3) is 3.01. The topological polar surface area (TPSA) is 12.0 Å². The van der Waals surface area contributed by atoms with Crippen molar-refractivity contribution in [3.05, 3.63) is 66.0 Å². The molecule has 2 aromatic carbocycles. The Bertz CT molecular complexity index is 535. The Kier molecular flexibility index (Phi) is 4.00. The quantitative estimate of drug-likeness (QED) is 0.830. The third-order valence-electron chi connectivity index (χ3n) is 4.19. The van der Waals surface area contributed by atoms with Gasteiger partial charge in [0.2, 0.25) is 0 Å². The first-order chi connectivity index (χ1) is 9.83. The number of rotatable bonds is 3. The van der Waals surface area contributed by atoms with Crippen LogP contribution in [0.3, 0.4) is 0 Å². The summed E-state index contributed by atoms with van der Waals surface area (Å²) >= 11 is 0. The summed E-state index contributed by atoms with van der Waals surface area (Å²) in [6.07, 6.45) is 4.96. The van der Waals surface area contributed by atoms with Gasteiger partial charge in [-0.3, -0.25) is 0 Å². The first-order valence-electron chi connectivity index (χ1n) is 7.40. The Morgan fingerprint density at radius 1 is 0.850 bits per heavy atom. The van der Waals surface area contributed by atoms with Crippen molar-refractivity contribution in [3.8, 4) is 0 Å². The second kappa shape index (κ2) is 6.08. The molecule has 0 saturated heterocycles. The molecule has 0 radical (unpaired) electrons. The Balaban J connectivity index is 1.77. The van der Waals surface area contributed by atoms with Gasteiger partial charge in [-0.15, -0.1) is 0 Å². The Hall–Kier alpha value is -1.83. The maximum absolute atomic E-state index is 13.0. The monoisotopic (exact) mass is 269 g/mol. The van der Waals surface area contributed by atoms with Crippen LogP contribution in [-0.2, 0) is 0 Å². The summed E-state index contributed by atoms with van der Waals surface area (Å²) in [5, 5.41) is 3.59. The molecule has 1 fully saturated rings. The average Bonchev–Trinajstić information content (AvgIpc) is 2.51. The molecule has 20 heavy (non-hydrogen) atoms. The Morgan fingerprint density at radius 3 is 2.30 bits per heavy atom. The van der Waals surface area contributed by atoms with Crippen LogP contribution in [0.2, 0.25) is 0 Å². The summed E-state index contributed by atoms with van der Waals surface area (Å²) < 4.78 is 13.0. The van der Waals surface area contributed by atoms with Crippen LogP contribution in [0, 0.1) is 5.82 Å². The Morgan fingerprint density at radius 2 is 1.55 bits per heavy atom. The van der Waals surface area contributed by atoms with E-state index in [0.29, 0.717) is 12.0 Å². The van der Waals surface area contributed by atoms with Crippen molar-refractivity contribution in [3.63, 3.8) is 0 Å². The number of nitrogens with one attached hydrogen (secondary N) is 1. The van der Waals surface area contributed by atoms with Gasteiger partial charge in [0.15, 0.2) is 0 Å². The van der Waals surface area contributed by atoms with Crippen LogP contribution in [0.15, 0.2) is 54.6 Å². The van der Waals surface area contributed by atoms with E-state index in [9.17, 15) is 4.39 Å². The second-order valence-corrected chi connectivity index (χ2v) is 5.56. The molecular formula is C18H20FN. The zero-order valence-electron chi connectivity index (χ0n) is 11.6. The minimum Gasteiger partial charge on any atom is -0.382 e. The van der Waals surface area contributed by atoms with Crippen LogP contribution in [-0.4, -0.2) is 6.04 Å². The summed E-state index contributed by atoms with van der Waals surface area (Å²) in [5.74, 6) is 0.369. The normalized spacial score (nSPS) is 22.4. The molecule has 1 aliphatic rings. The summed E-state index contributed by atoms with van der Waals surface area (Å²) in [5.41, 5.74) is 2.42. The number of benzene rings is 2. The lowest BCUT2D eigenvalue weighted by Crippen LogP contribution is -2.30. The zero-order chi connectivity index (χ0) is 13.8. The number of anilines is 1. The third-order valence-corrected chi connectivity index (χ3v) is 4.19. The highest BCUT2D eigenvalue weighted by molar-refractivity contribution is 5.45. The van der Waals surface area contributed by atoms with Crippen LogP contribution >= 0.6 is 0 Å².